The van der Waals surface area contributed by atoms with Crippen LogP contribution in [0.1, 0.15) is 37.7 Å². The van der Waals surface area contributed by atoms with Crippen molar-refractivity contribution < 1.29 is 22.3 Å². The first kappa shape index (κ1) is 26.6. The lowest BCUT2D eigenvalue weighted by Gasteiger charge is -2.32. The fourth-order valence-corrected chi connectivity index (χ4v) is 7.46. The van der Waals surface area contributed by atoms with Gasteiger partial charge in [0.05, 0.1) is 15.8 Å². The molecule has 216 valence electrons. The van der Waals surface area contributed by atoms with E-state index in [1.807, 2.05) is 4.90 Å². The number of halogens is 4. The van der Waals surface area contributed by atoms with Crippen LogP contribution >= 0.6 is 11.3 Å². The number of hydrogen-bond acceptors (Lipinski definition) is 9. The van der Waals surface area contributed by atoms with Gasteiger partial charge in [0.25, 0.3) is 6.43 Å². The van der Waals surface area contributed by atoms with Gasteiger partial charge in [0, 0.05) is 48.3 Å². The van der Waals surface area contributed by atoms with Crippen LogP contribution in [0.15, 0.2) is 18.2 Å². The summed E-state index contributed by atoms with van der Waals surface area (Å²) < 4.78 is 66.6. The molecule has 0 saturated carbocycles. The summed E-state index contributed by atoms with van der Waals surface area (Å²) in [6.45, 7) is 4.88. The minimum atomic E-state index is -3.03. The van der Waals surface area contributed by atoms with Gasteiger partial charge in [-0.1, -0.05) is 11.3 Å². The van der Waals surface area contributed by atoms with Gasteiger partial charge in [0.15, 0.2) is 10.9 Å². The number of anilines is 2. The Hall–Kier alpha value is -3.29. The number of nitrogen functional groups attached to an aromatic ring is 1. The number of ether oxygens (including phenoxy) is 1. The molecule has 41 heavy (non-hydrogen) atoms. The Morgan fingerprint density at radius 1 is 1.02 bits per heavy atom. The Balaban J connectivity index is 1.41. The van der Waals surface area contributed by atoms with Gasteiger partial charge < -0.3 is 20.7 Å². The van der Waals surface area contributed by atoms with Crippen molar-refractivity contribution in [2.24, 2.45) is 0 Å². The van der Waals surface area contributed by atoms with Crippen molar-refractivity contribution in [3.05, 3.63) is 35.4 Å². The highest BCUT2D eigenvalue weighted by molar-refractivity contribution is 7.22. The van der Waals surface area contributed by atoms with E-state index in [9.17, 15) is 13.2 Å². The van der Waals surface area contributed by atoms with Gasteiger partial charge in [-0.3, -0.25) is 4.90 Å². The Morgan fingerprint density at radius 3 is 2.51 bits per heavy atom. The molecule has 13 heteroatoms. The topological polar surface area (TPSA) is 92.4 Å². The maximum Gasteiger partial charge on any atom is 0.319 e. The summed E-state index contributed by atoms with van der Waals surface area (Å²) >= 11 is 0.880. The molecule has 0 unspecified atom stereocenters. The Bertz CT molecular complexity index is 1630. The first-order valence-electron chi connectivity index (χ1n) is 13.9. The molecule has 3 aliphatic heterocycles. The fourth-order valence-electron chi connectivity index (χ4n) is 6.69. The number of nitrogens with one attached hydrogen (secondary N) is 1. The van der Waals surface area contributed by atoms with Gasteiger partial charge in [-0.05, 0) is 57.0 Å². The number of nitrogens with zero attached hydrogens (tertiary/aromatic N) is 5. The maximum atomic E-state index is 16.6. The molecule has 0 amide bonds. The van der Waals surface area contributed by atoms with Gasteiger partial charge >= 0.3 is 6.01 Å². The summed E-state index contributed by atoms with van der Waals surface area (Å²) in [5.41, 5.74) is 4.74. The molecular formula is C28H29F4N7OS. The van der Waals surface area contributed by atoms with Crippen LogP contribution in [0.25, 0.3) is 32.2 Å². The van der Waals surface area contributed by atoms with Crippen molar-refractivity contribution in [3.63, 3.8) is 0 Å². The first-order valence-corrected chi connectivity index (χ1v) is 14.7. The van der Waals surface area contributed by atoms with E-state index in [4.69, 9.17) is 10.5 Å². The lowest BCUT2D eigenvalue weighted by molar-refractivity contribution is 0.108. The van der Waals surface area contributed by atoms with Crippen LogP contribution in [0.2, 0.25) is 0 Å². The van der Waals surface area contributed by atoms with E-state index in [0.717, 1.165) is 56.2 Å². The van der Waals surface area contributed by atoms with Gasteiger partial charge in [-0.15, -0.1) is 0 Å². The van der Waals surface area contributed by atoms with Crippen LogP contribution in [0, 0.1) is 11.6 Å². The van der Waals surface area contributed by atoms with Crippen LogP contribution in [0.5, 0.6) is 6.01 Å². The van der Waals surface area contributed by atoms with E-state index >= 15 is 4.39 Å². The van der Waals surface area contributed by atoms with Gasteiger partial charge in [0.2, 0.25) is 0 Å². The minimum absolute atomic E-state index is 0.0101. The Labute approximate surface area is 237 Å². The second-order valence-electron chi connectivity index (χ2n) is 11.0. The van der Waals surface area contributed by atoms with E-state index in [-0.39, 0.29) is 48.9 Å². The molecular weight excluding hydrogens is 558 g/mol. The van der Waals surface area contributed by atoms with E-state index in [1.165, 1.54) is 12.1 Å². The van der Waals surface area contributed by atoms with E-state index < -0.39 is 23.6 Å². The molecule has 0 spiro atoms. The molecule has 2 aromatic heterocycles. The van der Waals surface area contributed by atoms with Crippen molar-refractivity contribution in [1.82, 2.24) is 25.2 Å². The number of benzene rings is 2. The molecule has 5 heterocycles. The minimum Gasteiger partial charge on any atom is -0.461 e. The standard InChI is InChI=1S/C28H29F4N7OS/c29-18-4-3-15(22-23(18)41-26(33)35-22)19-16(24(31)32)13-17-21(20(19)30)36-27(37-25(17)38-11-7-34-8-12-38)40-14-28-5-1-9-39(28)10-2-6-28/h3-4,13,24,34H,1-2,5-12,14H2,(H2,33,35). The number of hydrogen-bond donors (Lipinski definition) is 2. The van der Waals surface area contributed by atoms with Crippen molar-refractivity contribution in [2.45, 2.75) is 37.6 Å². The number of aromatic nitrogens is 3. The lowest BCUT2D eigenvalue weighted by atomic mass is 9.95. The van der Waals surface area contributed by atoms with E-state index in [2.05, 4.69) is 25.2 Å². The van der Waals surface area contributed by atoms with Crippen LogP contribution in [-0.4, -0.2) is 71.3 Å². The quantitative estimate of drug-likeness (QED) is 0.301. The van der Waals surface area contributed by atoms with Crippen molar-refractivity contribution in [3.8, 4) is 17.1 Å². The van der Waals surface area contributed by atoms with E-state index in [0.29, 0.717) is 38.6 Å². The number of alkyl halides is 2. The third-order valence-electron chi connectivity index (χ3n) is 8.64. The lowest BCUT2D eigenvalue weighted by Crippen LogP contribution is -2.44. The first-order chi connectivity index (χ1) is 19.8. The summed E-state index contributed by atoms with van der Waals surface area (Å²) in [4.78, 5) is 17.7. The number of piperazine rings is 1. The molecule has 0 bridgehead atoms. The number of rotatable bonds is 6. The Kier molecular flexibility index (Phi) is 6.62. The smallest absolute Gasteiger partial charge is 0.319 e. The van der Waals surface area contributed by atoms with Crippen LogP contribution in [0.3, 0.4) is 0 Å². The van der Waals surface area contributed by atoms with Crippen molar-refractivity contribution in [2.75, 3.05) is 56.5 Å². The zero-order chi connectivity index (χ0) is 28.3. The number of fused-ring (bicyclic) bond motifs is 3. The second kappa shape index (κ2) is 10.2. The normalized spacial score (nSPS) is 19.1. The Morgan fingerprint density at radius 2 is 1.78 bits per heavy atom. The van der Waals surface area contributed by atoms with Crippen LogP contribution in [-0.2, 0) is 0 Å². The molecule has 4 aromatic rings. The molecule has 3 fully saturated rings. The zero-order valence-corrected chi connectivity index (χ0v) is 23.0. The maximum absolute atomic E-state index is 16.6. The largest absolute Gasteiger partial charge is 0.461 e. The highest BCUT2D eigenvalue weighted by Crippen LogP contribution is 2.44. The second-order valence-corrected chi connectivity index (χ2v) is 12.0. The monoisotopic (exact) mass is 587 g/mol. The third kappa shape index (κ3) is 4.45. The van der Waals surface area contributed by atoms with Gasteiger partial charge in [-0.25, -0.2) is 22.5 Å². The summed E-state index contributed by atoms with van der Waals surface area (Å²) in [6, 6.07) is 3.63. The predicted octanol–water partition coefficient (Wildman–Crippen LogP) is 5.12. The zero-order valence-electron chi connectivity index (χ0n) is 22.2. The van der Waals surface area contributed by atoms with Gasteiger partial charge in [-0.2, -0.15) is 9.97 Å². The highest BCUT2D eigenvalue weighted by atomic mass is 32.1. The summed E-state index contributed by atoms with van der Waals surface area (Å²) in [7, 11) is 0. The predicted molar refractivity (Wildman–Crippen MR) is 151 cm³/mol. The SMILES string of the molecule is Nc1nc2c(-c3c(C(F)F)cc4c(N5CCNCC5)nc(OCC56CCCN5CCC6)nc4c3F)ccc(F)c2s1. The molecule has 3 saturated heterocycles. The molecule has 0 aliphatic carbocycles. The number of thiazole rings is 1. The summed E-state index contributed by atoms with van der Waals surface area (Å²) in [5.74, 6) is -1.21. The molecule has 7 rings (SSSR count). The molecule has 8 nitrogen and oxygen atoms in total. The van der Waals surface area contributed by atoms with Crippen molar-refractivity contribution >= 4 is 43.4 Å². The van der Waals surface area contributed by atoms with Crippen LogP contribution in [0.4, 0.5) is 28.5 Å². The van der Waals surface area contributed by atoms with E-state index in [1.54, 1.807) is 0 Å². The summed E-state index contributed by atoms with van der Waals surface area (Å²) in [6.07, 6.45) is 1.18. The molecule has 2 aromatic carbocycles. The summed E-state index contributed by atoms with van der Waals surface area (Å²) in [5, 5.41) is 3.49. The third-order valence-corrected chi connectivity index (χ3v) is 9.53. The highest BCUT2D eigenvalue weighted by Gasteiger charge is 2.45. The van der Waals surface area contributed by atoms with Crippen LogP contribution < -0.4 is 20.7 Å². The van der Waals surface area contributed by atoms with Crippen molar-refractivity contribution in [1.29, 1.82) is 0 Å². The molecule has 3 aliphatic rings. The molecule has 3 N–H and O–H groups in total. The average Bonchev–Trinajstić information content (AvgIpc) is 3.67. The molecule has 0 radical (unpaired) electrons. The fraction of sp³-hybridized carbons (Fsp3) is 0.464. The average molecular weight is 588 g/mol. The molecule has 0 atom stereocenters. The number of nitrogens with two attached hydrogens (primary N) is 1. The van der Waals surface area contributed by atoms with Gasteiger partial charge in [0.1, 0.15) is 23.8 Å².